The van der Waals surface area contributed by atoms with Gasteiger partial charge < -0.3 is 126 Å². The summed E-state index contributed by atoms with van der Waals surface area (Å²) in [6, 6.07) is 8.51. The fraction of sp³-hybridized carbons (Fsp3) is 0.876. The number of carbonyl (C=O) groups excluding carboxylic acids is 4. The molecule has 0 spiro atoms. The van der Waals surface area contributed by atoms with Crippen LogP contribution in [0.3, 0.4) is 0 Å². The third-order valence-electron chi connectivity index (χ3n) is 30.5. The Labute approximate surface area is 821 Å². The second kappa shape index (κ2) is 52.6. The number of ether oxygens (including phenoxy) is 17. The van der Waals surface area contributed by atoms with Crippen LogP contribution in [0.2, 0.25) is 0 Å². The molecule has 8 aliphatic rings. The maximum atomic E-state index is 15.0. The van der Waals surface area contributed by atoms with Crippen LogP contribution in [0, 0.1) is 58.2 Å². The van der Waals surface area contributed by atoms with Gasteiger partial charge in [0, 0.05) is 102 Å². The average molecular weight is 1950 g/mol. The van der Waals surface area contributed by atoms with Crippen molar-refractivity contribution >= 4 is 35.6 Å². The zero-order valence-electron chi connectivity index (χ0n) is 90.1. The number of carbonyl (C=O) groups is 4. The second-order valence-corrected chi connectivity index (χ2v) is 44.6. The molecule has 0 bridgehead atoms. The van der Waals surface area contributed by atoms with Gasteiger partial charge in [-0.25, -0.2) is 4.79 Å². The zero-order valence-corrected chi connectivity index (χ0v) is 90.1. The summed E-state index contributed by atoms with van der Waals surface area (Å²) in [6.45, 7) is 51.1. The Morgan fingerprint density at radius 1 is 0.547 bits per heavy atom. The number of cyclic esters (lactones) is 2. The number of amides is 1. The molecule has 32 heteroatoms. The number of halogens is 1. The van der Waals surface area contributed by atoms with Crippen molar-refractivity contribution in [3.8, 4) is 0 Å². The maximum absolute atomic E-state index is 15.0. The Bertz CT molecular complexity index is 3850. The number of esters is 2. The minimum atomic E-state index is -1.83. The van der Waals surface area contributed by atoms with E-state index in [-0.39, 0.29) is 87.6 Å². The standard InChI is InChI=1S/C49H78N2O13.C39H72N2O12.C9H18O2.C8H17F/c1-15-36-49(10)41(51(46(56)64-49)24-20-19-23-34-21-17-16-18-22-34)30(4)38(52)28(2)26-48(9,58-14)43(63-45-39(53)35(50(11)12)25-29(3)59-45)31(5)40(32(6)44(55)61-36)62-37-27-47(8,57-13)42(54)33(7)60-37;1-16-27-39(10,46)32(43)22(4)29(40-11)20(2)18-38(9,48-15)34(53-36-30(42)26(41(12)13)17-21(3)49-36)23(5)31(24(6)35(45)51-27)52-28-19-37(8,47-14)33(44)25(7)50-28;1-9(2,3)5-4-8-10-6-7-11-8;1-8(2,3)6-4-5-7-9/h16-19,21-23,28-33,35-37,39-43,45,53-54H,15,20,24-27H2,1-14H3;20-28,30-34,36,42-44,46H,16-19H2,1-15H3;8H,4-7H2,1-3H3;4-7H2,1-3H3/b23-19-;;;/t28-,29-,30+,31+,32-,33+,35+,36-,37+,39-,40+,41-,42+,43-,45+,47-,48-,49-;20-,21?,22+,23+,24-,25?,26?,27-,28?,30?,31?,32-,33?,34-,36?,37?,38-,39-;;/m11../s1. The molecule has 0 saturated carbocycles. The Hall–Kier alpha value is -4.44. The van der Waals surface area contributed by atoms with Crippen LogP contribution in [0.4, 0.5) is 9.18 Å². The van der Waals surface area contributed by atoms with Gasteiger partial charge in [-0.1, -0.05) is 146 Å². The number of benzene rings is 1. The molecule has 0 radical (unpaired) electrons. The van der Waals surface area contributed by atoms with Crippen molar-refractivity contribution in [3.05, 3.63) is 42.0 Å². The number of alkyl halides is 1. The number of aliphatic hydroxyl groups is 6. The van der Waals surface area contributed by atoms with E-state index in [4.69, 9.17) is 80.5 Å². The Morgan fingerprint density at radius 2 is 0.978 bits per heavy atom. The number of aliphatic imine (C=N–C) groups is 1. The van der Waals surface area contributed by atoms with Gasteiger partial charge in [0.2, 0.25) is 0 Å². The molecule has 9 unspecified atom stereocenters. The van der Waals surface area contributed by atoms with E-state index in [2.05, 4.69) is 46.5 Å². The van der Waals surface area contributed by atoms with Gasteiger partial charge in [-0.3, -0.25) is 23.8 Å². The first-order valence-corrected chi connectivity index (χ1v) is 50.5. The molecule has 36 atom stereocenters. The lowest BCUT2D eigenvalue weighted by Crippen LogP contribution is -2.61. The van der Waals surface area contributed by atoms with Gasteiger partial charge in [0.25, 0.3) is 0 Å². The molecule has 0 aliphatic carbocycles. The Kier molecular flexibility index (Phi) is 46.5. The summed E-state index contributed by atoms with van der Waals surface area (Å²) in [5.74, 6) is -7.03. The summed E-state index contributed by atoms with van der Waals surface area (Å²) in [4.78, 5) is 68.3. The van der Waals surface area contributed by atoms with Crippen molar-refractivity contribution in [2.75, 3.05) is 90.1 Å². The minimum Gasteiger partial charge on any atom is -0.459 e. The van der Waals surface area contributed by atoms with E-state index in [1.54, 1.807) is 88.5 Å². The number of ketones is 1. The monoisotopic (exact) mass is 1950 g/mol. The number of hydrogen-bond donors (Lipinski definition) is 6. The number of nitrogens with zero attached hydrogens (tertiary/aromatic N) is 4. The van der Waals surface area contributed by atoms with Crippen molar-refractivity contribution in [2.45, 2.75) is 445 Å². The number of likely N-dealkylation sites (N-methyl/N-ethyl adjacent to an activating group) is 2. The second-order valence-electron chi connectivity index (χ2n) is 44.6. The van der Waals surface area contributed by atoms with Crippen LogP contribution in [-0.4, -0.2) is 340 Å². The molecule has 8 heterocycles. The molecule has 8 fully saturated rings. The van der Waals surface area contributed by atoms with Gasteiger partial charge >= 0.3 is 18.0 Å². The van der Waals surface area contributed by atoms with Crippen molar-refractivity contribution < 1.29 is 135 Å². The van der Waals surface area contributed by atoms with E-state index in [1.807, 2.05) is 150 Å². The Morgan fingerprint density at radius 3 is 1.38 bits per heavy atom. The number of hydrogen-bond acceptors (Lipinski definition) is 30. The molecular weight excluding hydrogens is 1770 g/mol. The van der Waals surface area contributed by atoms with Gasteiger partial charge in [-0.15, -0.1) is 0 Å². The van der Waals surface area contributed by atoms with Gasteiger partial charge in [-0.2, -0.15) is 0 Å². The van der Waals surface area contributed by atoms with E-state index < -0.39 is 204 Å². The van der Waals surface area contributed by atoms with Crippen LogP contribution in [0.15, 0.2) is 41.4 Å². The van der Waals surface area contributed by atoms with E-state index in [0.29, 0.717) is 42.2 Å². The van der Waals surface area contributed by atoms with Gasteiger partial charge in [0.15, 0.2) is 37.1 Å². The van der Waals surface area contributed by atoms with E-state index >= 15 is 0 Å². The van der Waals surface area contributed by atoms with E-state index in [9.17, 15) is 54.2 Å². The topological polar surface area (TPSA) is 369 Å². The number of rotatable bonds is 25. The quantitative estimate of drug-likeness (QED) is 0.0301. The summed E-state index contributed by atoms with van der Waals surface area (Å²) in [7, 11) is 15.4. The third-order valence-corrected chi connectivity index (χ3v) is 30.5. The first-order chi connectivity index (χ1) is 63.7. The number of aliphatic hydroxyl groups excluding tert-OH is 5. The van der Waals surface area contributed by atoms with Crippen molar-refractivity contribution in [1.29, 1.82) is 0 Å². The van der Waals surface area contributed by atoms with E-state index in [0.717, 1.165) is 50.9 Å². The molecule has 794 valence electrons. The highest BCUT2D eigenvalue weighted by molar-refractivity contribution is 5.89. The lowest BCUT2D eigenvalue weighted by atomic mass is 9.73. The molecule has 0 aromatic heterocycles. The molecule has 6 N–H and O–H groups in total. The van der Waals surface area contributed by atoms with Crippen molar-refractivity contribution in [3.63, 3.8) is 0 Å². The van der Waals surface area contributed by atoms with Crippen molar-refractivity contribution in [1.82, 2.24) is 14.7 Å². The van der Waals surface area contributed by atoms with Crippen molar-refractivity contribution in [2.24, 2.45) is 63.2 Å². The molecule has 31 nitrogen and oxygen atoms in total. The normalized spacial score (nSPS) is 41.5. The Balaban J connectivity index is 0.000000352. The smallest absolute Gasteiger partial charge is 0.410 e. The molecule has 1 aromatic rings. The predicted octanol–water partition coefficient (Wildman–Crippen LogP) is 14.3. The predicted molar refractivity (Wildman–Crippen MR) is 523 cm³/mol. The third kappa shape index (κ3) is 31.6. The number of unbranched alkanes of at least 4 members (excludes halogenated alkanes) is 1. The summed E-state index contributed by atoms with van der Waals surface area (Å²) in [5, 5.41) is 69.0. The van der Waals surface area contributed by atoms with Gasteiger partial charge in [-0.05, 0) is 204 Å². The lowest BCUT2D eigenvalue weighted by molar-refractivity contribution is -0.319. The first kappa shape index (κ1) is 121. The first-order valence-electron chi connectivity index (χ1n) is 50.5. The summed E-state index contributed by atoms with van der Waals surface area (Å²) >= 11 is 0. The highest BCUT2D eigenvalue weighted by Gasteiger charge is 2.62. The summed E-state index contributed by atoms with van der Waals surface area (Å²) in [6.07, 6.45) is -5.45. The molecule has 1 amide bonds. The summed E-state index contributed by atoms with van der Waals surface area (Å²) < 4.78 is 118. The largest absolute Gasteiger partial charge is 0.459 e. The van der Waals surface area contributed by atoms with Crippen LogP contribution in [0.25, 0.3) is 6.08 Å². The number of Topliss-reactive ketones (excluding diaryl/α,β-unsaturated/α-hetero) is 1. The molecule has 8 saturated heterocycles. The highest BCUT2D eigenvalue weighted by atomic mass is 19.1. The van der Waals surface area contributed by atoms with E-state index in [1.165, 1.54) is 21.1 Å². The average Bonchev–Trinajstić information content (AvgIpc) is 1.61. The number of methoxy groups -OCH3 is 4. The van der Waals surface area contributed by atoms with Gasteiger partial charge in [0.1, 0.15) is 48.0 Å². The van der Waals surface area contributed by atoms with Crippen LogP contribution >= 0.6 is 0 Å². The van der Waals surface area contributed by atoms with Crippen LogP contribution < -0.4 is 0 Å². The fourth-order valence-corrected chi connectivity index (χ4v) is 21.8. The molecule has 137 heavy (non-hydrogen) atoms. The maximum Gasteiger partial charge on any atom is 0.410 e. The molecule has 8 aliphatic heterocycles. The molecule has 1 aromatic carbocycles. The van der Waals surface area contributed by atoms with Crippen LogP contribution in [-0.2, 0) is 94.9 Å². The summed E-state index contributed by atoms with van der Waals surface area (Å²) in [5.41, 5.74) is -5.20. The van der Waals surface area contributed by atoms with Crippen LogP contribution in [0.5, 0.6) is 0 Å². The minimum absolute atomic E-state index is 0.0780. The molecule has 9 rings (SSSR count). The SMILES string of the molecule is CC(C)(C)CCC1OCCO1.CC(C)(C)CCCCF.CC[C@H]1OC(=O)[C@H](C)C(OC2CC(C)(OC)C(O)C(C)O2)[C@H](C)[C@@H](OC2OC(C)CC(N(C)C)C2O)[C@](C)(OC)C[C@@H](C)C(=NC)[C@H](C)[C@@H](O)[C@]1(C)O.CC[C@H]1OC(=O)[C@H](C)[C@@H](O[C@H]2C[C@@](C)(OC)[C@@H](O)[C@H](C)O2)[C@H](C)[C@@H](O[C@@H]2O[C@H](C)C[C@H](N(C)C)[C@H]2O)[C@](C)(OC)C[C@@H](C)C(=O)[C@H](C)[C@H]2N(CC/C=C\c3ccccc3)C(=O)O[C@]12C. The lowest BCUT2D eigenvalue weighted by Gasteiger charge is -2.50. The number of fused-ring (bicyclic) bond motifs is 1. The fourth-order valence-electron chi connectivity index (χ4n) is 21.8. The van der Waals surface area contributed by atoms with Crippen LogP contribution in [0.1, 0.15) is 275 Å². The highest BCUT2D eigenvalue weighted by Crippen LogP contribution is 2.48. The molecular formula is C105H185FN4O27. The van der Waals surface area contributed by atoms with Gasteiger partial charge in [0.05, 0.1) is 115 Å². The zero-order chi connectivity index (χ0) is 103.